The summed E-state index contributed by atoms with van der Waals surface area (Å²) in [6, 6.07) is 11.2. The van der Waals surface area contributed by atoms with Gasteiger partial charge < -0.3 is 10.3 Å². The van der Waals surface area contributed by atoms with Crippen LogP contribution in [-0.2, 0) is 0 Å². The summed E-state index contributed by atoms with van der Waals surface area (Å²) in [7, 11) is 0. The lowest BCUT2D eigenvalue weighted by molar-refractivity contribution is 0.0983. The third kappa shape index (κ3) is 2.95. The highest BCUT2D eigenvalue weighted by molar-refractivity contribution is 6.04. The summed E-state index contributed by atoms with van der Waals surface area (Å²) in [5.74, 6) is 5.16. The number of rotatable bonds is 4. The predicted molar refractivity (Wildman–Crippen MR) is 80.6 cm³/mol. The van der Waals surface area contributed by atoms with E-state index in [1.165, 1.54) is 6.20 Å². The number of benzene rings is 1. The van der Waals surface area contributed by atoms with Gasteiger partial charge in [0.2, 0.25) is 0 Å². The van der Waals surface area contributed by atoms with Gasteiger partial charge in [0.15, 0.2) is 0 Å². The maximum Gasteiger partial charge on any atom is 0.276 e. The maximum absolute atomic E-state index is 12.5. The normalized spacial score (nSPS) is 10.2. The molecule has 5 heteroatoms. The van der Waals surface area contributed by atoms with Crippen LogP contribution >= 0.6 is 0 Å². The zero-order chi connectivity index (χ0) is 14.5. The van der Waals surface area contributed by atoms with E-state index in [0.29, 0.717) is 17.9 Å². The van der Waals surface area contributed by atoms with Crippen LogP contribution in [0.4, 0.5) is 11.4 Å². The van der Waals surface area contributed by atoms with E-state index < -0.39 is 0 Å². The minimum atomic E-state index is -0.125. The van der Waals surface area contributed by atoms with Crippen molar-refractivity contribution in [2.45, 2.75) is 13.8 Å². The molecule has 0 saturated carbocycles. The fraction of sp³-hybridized carbons (Fsp3) is 0.200. The average Bonchev–Trinajstić information content (AvgIpc) is 2.50. The number of anilines is 2. The molecule has 0 aliphatic rings. The second-order valence-electron chi connectivity index (χ2n) is 4.46. The molecule has 0 atom stereocenters. The summed E-state index contributed by atoms with van der Waals surface area (Å²) >= 11 is 0. The fourth-order valence-corrected chi connectivity index (χ4v) is 1.91. The molecule has 0 bridgehead atoms. The van der Waals surface area contributed by atoms with Crippen LogP contribution in [0.15, 0.2) is 42.6 Å². The van der Waals surface area contributed by atoms with Gasteiger partial charge in [-0.2, -0.15) is 0 Å². The van der Waals surface area contributed by atoms with Gasteiger partial charge in [0.05, 0.1) is 11.9 Å². The van der Waals surface area contributed by atoms with E-state index >= 15 is 0 Å². The summed E-state index contributed by atoms with van der Waals surface area (Å²) < 4.78 is 0. The van der Waals surface area contributed by atoms with Crippen LogP contribution in [-0.4, -0.2) is 17.4 Å². The molecule has 0 spiro atoms. The number of hydrogen-bond donors (Lipinski definition) is 2. The minimum absolute atomic E-state index is 0.125. The van der Waals surface area contributed by atoms with Crippen molar-refractivity contribution < 1.29 is 4.79 Å². The Balaban J connectivity index is 2.26. The van der Waals surface area contributed by atoms with Crippen molar-refractivity contribution in [2.75, 3.05) is 16.9 Å². The number of nitrogen functional groups attached to an aromatic ring is 1. The van der Waals surface area contributed by atoms with Crippen LogP contribution in [0.25, 0.3) is 0 Å². The Bertz CT molecular complexity index is 578. The maximum atomic E-state index is 12.5. The third-order valence-corrected chi connectivity index (χ3v) is 3.06. The molecule has 1 aromatic carbocycles. The molecule has 1 heterocycles. The monoisotopic (exact) mass is 270 g/mol. The molecule has 1 aromatic heterocycles. The second kappa shape index (κ2) is 6.16. The van der Waals surface area contributed by atoms with Crippen molar-refractivity contribution >= 4 is 17.3 Å². The van der Waals surface area contributed by atoms with Crippen molar-refractivity contribution in [3.05, 3.63) is 53.9 Å². The van der Waals surface area contributed by atoms with Crippen molar-refractivity contribution in [3.8, 4) is 0 Å². The Morgan fingerprint density at radius 1 is 1.25 bits per heavy atom. The molecule has 0 aliphatic carbocycles. The van der Waals surface area contributed by atoms with Gasteiger partial charge in [-0.1, -0.05) is 17.7 Å². The summed E-state index contributed by atoms with van der Waals surface area (Å²) in [6.07, 6.45) is 1.54. The Kier molecular flexibility index (Phi) is 4.32. The zero-order valence-corrected chi connectivity index (χ0v) is 11.6. The Morgan fingerprint density at radius 3 is 2.45 bits per heavy atom. The van der Waals surface area contributed by atoms with E-state index in [1.54, 1.807) is 17.0 Å². The van der Waals surface area contributed by atoms with Crippen LogP contribution in [0.2, 0.25) is 0 Å². The van der Waals surface area contributed by atoms with Crippen LogP contribution in [0.1, 0.15) is 23.0 Å². The number of aryl methyl sites for hydroxylation is 1. The minimum Gasteiger partial charge on any atom is -0.323 e. The molecular weight excluding hydrogens is 252 g/mol. The van der Waals surface area contributed by atoms with Gasteiger partial charge >= 0.3 is 0 Å². The van der Waals surface area contributed by atoms with Crippen molar-refractivity contribution in [1.29, 1.82) is 0 Å². The first kappa shape index (κ1) is 14.0. The molecule has 104 valence electrons. The van der Waals surface area contributed by atoms with Gasteiger partial charge in [-0.3, -0.25) is 10.6 Å². The van der Waals surface area contributed by atoms with Gasteiger partial charge in [-0.15, -0.1) is 0 Å². The lowest BCUT2D eigenvalue weighted by Crippen LogP contribution is -2.31. The topological polar surface area (TPSA) is 71.2 Å². The molecule has 2 aromatic rings. The van der Waals surface area contributed by atoms with Crippen LogP contribution in [0.5, 0.6) is 0 Å². The number of aromatic nitrogens is 1. The molecule has 1 amide bonds. The molecule has 5 nitrogen and oxygen atoms in total. The number of carbonyl (C=O) groups excluding carboxylic acids is 1. The van der Waals surface area contributed by atoms with Crippen molar-refractivity contribution in [3.63, 3.8) is 0 Å². The average molecular weight is 270 g/mol. The van der Waals surface area contributed by atoms with E-state index in [4.69, 9.17) is 5.84 Å². The lowest BCUT2D eigenvalue weighted by atomic mass is 10.2. The quantitative estimate of drug-likeness (QED) is 0.661. The van der Waals surface area contributed by atoms with Crippen LogP contribution in [0, 0.1) is 6.92 Å². The number of nitrogens with one attached hydrogen (secondary N) is 1. The molecule has 0 saturated heterocycles. The van der Waals surface area contributed by atoms with Crippen LogP contribution in [0.3, 0.4) is 0 Å². The molecule has 0 aliphatic heterocycles. The summed E-state index contributed by atoms with van der Waals surface area (Å²) in [5.41, 5.74) is 5.58. The van der Waals surface area contributed by atoms with E-state index in [9.17, 15) is 4.79 Å². The van der Waals surface area contributed by atoms with E-state index in [1.807, 2.05) is 38.1 Å². The van der Waals surface area contributed by atoms with Crippen molar-refractivity contribution in [2.24, 2.45) is 5.84 Å². The van der Waals surface area contributed by atoms with Crippen molar-refractivity contribution in [1.82, 2.24) is 4.98 Å². The Labute approximate surface area is 118 Å². The van der Waals surface area contributed by atoms with Crippen LogP contribution < -0.4 is 16.2 Å². The zero-order valence-electron chi connectivity index (χ0n) is 11.6. The molecule has 20 heavy (non-hydrogen) atoms. The molecule has 3 N–H and O–H groups in total. The predicted octanol–water partition coefficient (Wildman–Crippen LogP) is 2.34. The number of pyridine rings is 1. The molecular formula is C15H18N4O. The standard InChI is InChI=1S/C15H18N4O/c1-3-19(13-7-4-11(2)5-8-13)15(20)14-9-6-12(18-16)10-17-14/h4-10,18H,3,16H2,1-2H3. The first-order chi connectivity index (χ1) is 9.65. The first-order valence-corrected chi connectivity index (χ1v) is 6.47. The Hall–Kier alpha value is -2.40. The SMILES string of the molecule is CCN(C(=O)c1ccc(NN)cn1)c1ccc(C)cc1. The highest BCUT2D eigenvalue weighted by Crippen LogP contribution is 2.17. The number of carbonyl (C=O) groups is 1. The number of hydrazine groups is 1. The molecule has 0 fully saturated rings. The van der Waals surface area contributed by atoms with Gasteiger partial charge in [0, 0.05) is 12.2 Å². The number of nitrogens with two attached hydrogens (primary N) is 1. The second-order valence-corrected chi connectivity index (χ2v) is 4.46. The number of amides is 1. The number of hydrogen-bond acceptors (Lipinski definition) is 4. The highest BCUT2D eigenvalue weighted by atomic mass is 16.2. The first-order valence-electron chi connectivity index (χ1n) is 6.47. The molecule has 0 unspecified atom stereocenters. The lowest BCUT2D eigenvalue weighted by Gasteiger charge is -2.20. The largest absolute Gasteiger partial charge is 0.323 e. The smallest absolute Gasteiger partial charge is 0.276 e. The Morgan fingerprint density at radius 2 is 1.95 bits per heavy atom. The van der Waals surface area contributed by atoms with E-state index in [-0.39, 0.29) is 5.91 Å². The summed E-state index contributed by atoms with van der Waals surface area (Å²) in [4.78, 5) is 18.3. The van der Waals surface area contributed by atoms with Gasteiger partial charge in [-0.05, 0) is 38.1 Å². The summed E-state index contributed by atoms with van der Waals surface area (Å²) in [6.45, 7) is 4.54. The van der Waals surface area contributed by atoms with Gasteiger partial charge in [-0.25, -0.2) is 4.98 Å². The number of nitrogens with zero attached hydrogens (tertiary/aromatic N) is 2. The van der Waals surface area contributed by atoms with E-state index in [2.05, 4.69) is 10.4 Å². The molecule has 0 radical (unpaired) electrons. The van der Waals surface area contributed by atoms with E-state index in [0.717, 1.165) is 11.3 Å². The van der Waals surface area contributed by atoms with Gasteiger partial charge in [0.25, 0.3) is 5.91 Å². The fourth-order valence-electron chi connectivity index (χ4n) is 1.91. The summed E-state index contributed by atoms with van der Waals surface area (Å²) in [5, 5.41) is 0. The molecule has 2 rings (SSSR count). The van der Waals surface area contributed by atoms with Gasteiger partial charge in [0.1, 0.15) is 5.69 Å². The third-order valence-electron chi connectivity index (χ3n) is 3.06. The highest BCUT2D eigenvalue weighted by Gasteiger charge is 2.17.